The second-order valence-electron chi connectivity index (χ2n) is 6.37. The third kappa shape index (κ3) is 2.69. The van der Waals surface area contributed by atoms with Gasteiger partial charge in [0.1, 0.15) is 5.82 Å². The van der Waals surface area contributed by atoms with E-state index in [1.165, 1.54) is 31.2 Å². The van der Waals surface area contributed by atoms with Crippen LogP contribution < -0.4 is 0 Å². The monoisotopic (exact) mass is 305 g/mol. The number of hydrogen-bond donors (Lipinski definition) is 0. The third-order valence-electron chi connectivity index (χ3n) is 4.99. The number of nitrogens with zero attached hydrogens (tertiary/aromatic N) is 3. The van der Waals surface area contributed by atoms with Gasteiger partial charge in [-0.3, -0.25) is 0 Å². The Balaban J connectivity index is 2.03. The van der Waals surface area contributed by atoms with Crippen molar-refractivity contribution in [3.63, 3.8) is 0 Å². The van der Waals surface area contributed by atoms with E-state index < -0.39 is 0 Å². The van der Waals surface area contributed by atoms with Crippen molar-refractivity contribution in [2.75, 3.05) is 20.0 Å². The van der Waals surface area contributed by atoms with Crippen molar-refractivity contribution < 1.29 is 0 Å². The van der Waals surface area contributed by atoms with Crippen LogP contribution in [0.25, 0.3) is 11.0 Å². The number of imidazole rings is 1. The highest BCUT2D eigenvalue weighted by Crippen LogP contribution is 2.36. The summed E-state index contributed by atoms with van der Waals surface area (Å²) in [5.41, 5.74) is 2.60. The molecule has 0 saturated heterocycles. The van der Waals surface area contributed by atoms with Crippen molar-refractivity contribution in [2.45, 2.75) is 44.2 Å². The van der Waals surface area contributed by atoms with Crippen LogP contribution in [0.2, 0.25) is 0 Å². The number of aryl methyl sites for hydroxylation is 1. The Kier molecular flexibility index (Phi) is 4.23. The Labute approximate surface area is 131 Å². The normalized spacial score (nSPS) is 17.9. The molecule has 0 atom stereocenters. The molecule has 1 saturated carbocycles. The molecule has 4 heteroatoms. The highest BCUT2D eigenvalue weighted by Gasteiger charge is 2.37. The second-order valence-corrected chi connectivity index (χ2v) is 6.75. The molecule has 1 aromatic heterocycles. The molecule has 1 aromatic carbocycles. The van der Waals surface area contributed by atoms with Crippen molar-refractivity contribution in [1.29, 1.82) is 0 Å². The molecule has 0 spiro atoms. The number of halogens is 1. The van der Waals surface area contributed by atoms with Crippen molar-refractivity contribution in [2.24, 2.45) is 0 Å². The molecule has 1 heterocycles. The van der Waals surface area contributed by atoms with Gasteiger partial charge in [-0.2, -0.15) is 0 Å². The zero-order valence-corrected chi connectivity index (χ0v) is 13.7. The Morgan fingerprint density at radius 3 is 2.62 bits per heavy atom. The summed E-state index contributed by atoms with van der Waals surface area (Å²) < 4.78 is 2.41. The van der Waals surface area contributed by atoms with Gasteiger partial charge in [-0.05, 0) is 39.1 Å². The average molecular weight is 306 g/mol. The fraction of sp³-hybridized carbons (Fsp3) is 0.588. The van der Waals surface area contributed by atoms with Gasteiger partial charge in [-0.1, -0.05) is 25.0 Å². The Bertz CT molecular complexity index is 612. The van der Waals surface area contributed by atoms with Crippen LogP contribution in [0.3, 0.4) is 0 Å². The number of alkyl halides is 1. The summed E-state index contributed by atoms with van der Waals surface area (Å²) in [5, 5.41) is 0. The summed E-state index contributed by atoms with van der Waals surface area (Å²) >= 11 is 5.99. The highest BCUT2D eigenvalue weighted by atomic mass is 35.5. The Morgan fingerprint density at radius 2 is 1.95 bits per heavy atom. The van der Waals surface area contributed by atoms with Crippen LogP contribution in [-0.2, 0) is 13.0 Å². The quantitative estimate of drug-likeness (QED) is 0.786. The lowest BCUT2D eigenvalue weighted by atomic mass is 9.95. The first-order chi connectivity index (χ1) is 10.2. The zero-order valence-electron chi connectivity index (χ0n) is 13.0. The number of fused-ring (bicyclic) bond motifs is 1. The molecule has 0 aliphatic heterocycles. The molecule has 0 amide bonds. The van der Waals surface area contributed by atoms with E-state index in [4.69, 9.17) is 16.6 Å². The Morgan fingerprint density at radius 1 is 1.24 bits per heavy atom. The first kappa shape index (κ1) is 14.9. The van der Waals surface area contributed by atoms with E-state index in [2.05, 4.69) is 47.8 Å². The van der Waals surface area contributed by atoms with E-state index >= 15 is 0 Å². The van der Waals surface area contributed by atoms with Crippen LogP contribution in [0.5, 0.6) is 0 Å². The van der Waals surface area contributed by atoms with Gasteiger partial charge in [-0.15, -0.1) is 11.6 Å². The molecule has 2 aromatic rings. The van der Waals surface area contributed by atoms with Crippen LogP contribution in [0.15, 0.2) is 24.3 Å². The standard InChI is InChI=1S/C17H24ClN3/c1-20(2)17(10-5-6-11-17)13-21-15-8-4-3-7-14(15)19-16(21)9-12-18/h3-4,7-8H,5-6,9-13H2,1-2H3. The average Bonchev–Trinajstić information content (AvgIpc) is 3.07. The van der Waals surface area contributed by atoms with E-state index in [0.717, 1.165) is 24.3 Å². The maximum absolute atomic E-state index is 5.99. The molecule has 3 rings (SSSR count). The van der Waals surface area contributed by atoms with Gasteiger partial charge in [0.05, 0.1) is 11.0 Å². The van der Waals surface area contributed by atoms with Crippen LogP contribution >= 0.6 is 11.6 Å². The van der Waals surface area contributed by atoms with Gasteiger partial charge in [0.25, 0.3) is 0 Å². The SMILES string of the molecule is CN(C)C1(Cn2c(CCCl)nc3ccccc32)CCCC1. The van der Waals surface area contributed by atoms with E-state index in [-0.39, 0.29) is 5.54 Å². The topological polar surface area (TPSA) is 21.1 Å². The summed E-state index contributed by atoms with van der Waals surface area (Å²) in [4.78, 5) is 7.21. The minimum absolute atomic E-state index is 0.268. The predicted octanol–water partition coefficient (Wildman–Crippen LogP) is 3.69. The maximum atomic E-state index is 5.99. The number of aromatic nitrogens is 2. The molecule has 21 heavy (non-hydrogen) atoms. The first-order valence-corrected chi connectivity index (χ1v) is 8.37. The van der Waals surface area contributed by atoms with Crippen molar-refractivity contribution in [3.8, 4) is 0 Å². The number of rotatable bonds is 5. The molecule has 114 valence electrons. The van der Waals surface area contributed by atoms with E-state index in [9.17, 15) is 0 Å². The molecule has 1 aliphatic rings. The number of likely N-dealkylation sites (N-methyl/N-ethyl adjacent to an activating group) is 1. The van der Waals surface area contributed by atoms with Crippen molar-refractivity contribution in [3.05, 3.63) is 30.1 Å². The summed E-state index contributed by atoms with van der Waals surface area (Å²) in [6.07, 6.45) is 6.03. The molecule has 1 fully saturated rings. The molecular formula is C17H24ClN3. The lowest BCUT2D eigenvalue weighted by molar-refractivity contribution is 0.134. The van der Waals surface area contributed by atoms with Crippen molar-refractivity contribution in [1.82, 2.24) is 14.5 Å². The molecule has 1 aliphatic carbocycles. The fourth-order valence-electron chi connectivity index (χ4n) is 3.65. The van der Waals surface area contributed by atoms with Gasteiger partial charge in [-0.25, -0.2) is 4.98 Å². The highest BCUT2D eigenvalue weighted by molar-refractivity contribution is 6.17. The van der Waals surface area contributed by atoms with Gasteiger partial charge in [0, 0.05) is 24.4 Å². The molecule has 0 radical (unpaired) electrons. The summed E-state index contributed by atoms with van der Waals surface area (Å²) in [6.45, 7) is 1.02. The van der Waals surface area contributed by atoms with Crippen LogP contribution in [0.4, 0.5) is 0 Å². The third-order valence-corrected chi connectivity index (χ3v) is 5.18. The predicted molar refractivity (Wildman–Crippen MR) is 89.0 cm³/mol. The van der Waals surface area contributed by atoms with Crippen LogP contribution in [0, 0.1) is 0 Å². The summed E-state index contributed by atoms with van der Waals surface area (Å²) in [7, 11) is 4.43. The minimum Gasteiger partial charge on any atom is -0.326 e. The zero-order chi connectivity index (χ0) is 14.9. The molecular weight excluding hydrogens is 282 g/mol. The van der Waals surface area contributed by atoms with Crippen LogP contribution in [-0.4, -0.2) is 40.0 Å². The van der Waals surface area contributed by atoms with E-state index in [1.54, 1.807) is 0 Å². The molecule has 0 unspecified atom stereocenters. The van der Waals surface area contributed by atoms with Crippen LogP contribution in [0.1, 0.15) is 31.5 Å². The molecule has 3 nitrogen and oxygen atoms in total. The van der Waals surface area contributed by atoms with E-state index in [0.29, 0.717) is 5.88 Å². The lowest BCUT2D eigenvalue weighted by Crippen LogP contribution is -2.45. The van der Waals surface area contributed by atoms with E-state index in [1.807, 2.05) is 0 Å². The fourth-order valence-corrected chi connectivity index (χ4v) is 3.82. The van der Waals surface area contributed by atoms with Gasteiger partial charge >= 0.3 is 0 Å². The smallest absolute Gasteiger partial charge is 0.111 e. The van der Waals surface area contributed by atoms with Gasteiger partial charge in [0.15, 0.2) is 0 Å². The second kappa shape index (κ2) is 5.98. The minimum atomic E-state index is 0.268. The molecule has 0 N–H and O–H groups in total. The number of para-hydroxylation sites is 2. The maximum Gasteiger partial charge on any atom is 0.111 e. The van der Waals surface area contributed by atoms with Gasteiger partial charge in [0.2, 0.25) is 0 Å². The largest absolute Gasteiger partial charge is 0.326 e. The first-order valence-electron chi connectivity index (χ1n) is 7.84. The Hall–Kier alpha value is -1.06. The lowest BCUT2D eigenvalue weighted by Gasteiger charge is -2.37. The number of hydrogen-bond acceptors (Lipinski definition) is 2. The summed E-state index contributed by atoms with van der Waals surface area (Å²) in [6, 6.07) is 8.43. The van der Waals surface area contributed by atoms with Gasteiger partial charge < -0.3 is 9.47 Å². The van der Waals surface area contributed by atoms with Crippen molar-refractivity contribution >= 4 is 22.6 Å². The number of benzene rings is 1. The summed E-state index contributed by atoms with van der Waals surface area (Å²) in [5.74, 6) is 1.75. The molecule has 0 bridgehead atoms.